The lowest BCUT2D eigenvalue weighted by Gasteiger charge is -2.23. The highest BCUT2D eigenvalue weighted by Crippen LogP contribution is 2.24. The lowest BCUT2D eigenvalue weighted by atomic mass is 9.83. The highest BCUT2D eigenvalue weighted by molar-refractivity contribution is 5.29. The van der Waals surface area contributed by atoms with Gasteiger partial charge in [0, 0.05) is 5.41 Å². The average Bonchev–Trinajstić information content (AvgIpc) is 2.17. The minimum absolute atomic E-state index is 0.0695. The summed E-state index contributed by atoms with van der Waals surface area (Å²) in [6.45, 7) is 5.37. The van der Waals surface area contributed by atoms with Gasteiger partial charge in [-0.1, -0.05) is 18.2 Å². The van der Waals surface area contributed by atoms with E-state index >= 15 is 0 Å². The fraction of sp³-hybridized carbons (Fsp3) is 0.273. The first kappa shape index (κ1) is 9.93. The van der Waals surface area contributed by atoms with Crippen LogP contribution in [-0.4, -0.2) is 11.7 Å². The number of aliphatic hydroxyl groups is 1. The first-order valence-electron chi connectivity index (χ1n) is 4.13. The van der Waals surface area contributed by atoms with Crippen molar-refractivity contribution in [1.82, 2.24) is 0 Å². The lowest BCUT2D eigenvalue weighted by molar-refractivity contribution is 0.236. The van der Waals surface area contributed by atoms with E-state index in [0.29, 0.717) is 0 Å². The third-order valence-corrected chi connectivity index (χ3v) is 2.26. The molecule has 70 valence electrons. The number of aliphatic hydroxyl groups excluding tert-OH is 1. The van der Waals surface area contributed by atoms with Crippen molar-refractivity contribution in [2.24, 2.45) is 0 Å². The van der Waals surface area contributed by atoms with Crippen molar-refractivity contribution in [3.63, 3.8) is 0 Å². The first-order valence-corrected chi connectivity index (χ1v) is 4.13. The van der Waals surface area contributed by atoms with Gasteiger partial charge in [-0.15, -0.1) is 6.58 Å². The number of hydrogen-bond donors (Lipinski definition) is 1. The van der Waals surface area contributed by atoms with Crippen LogP contribution in [0.3, 0.4) is 0 Å². The van der Waals surface area contributed by atoms with Crippen molar-refractivity contribution in [3.05, 3.63) is 48.3 Å². The summed E-state index contributed by atoms with van der Waals surface area (Å²) in [6.07, 6.45) is 1.63. The number of halogens is 1. The third-order valence-electron chi connectivity index (χ3n) is 2.26. The zero-order valence-corrected chi connectivity index (χ0v) is 7.63. The van der Waals surface area contributed by atoms with Crippen LogP contribution in [0, 0.1) is 5.82 Å². The molecule has 0 fully saturated rings. The standard InChI is InChI=1S/C11H13FO/c1-3-11(2,8-13)9-5-4-6-10(12)7-9/h3-7,13H,1,8H2,2H3. The molecule has 0 bridgehead atoms. The van der Waals surface area contributed by atoms with Crippen molar-refractivity contribution in [1.29, 1.82) is 0 Å². The highest BCUT2D eigenvalue weighted by Gasteiger charge is 2.21. The molecule has 2 heteroatoms. The Balaban J connectivity index is 3.12. The van der Waals surface area contributed by atoms with E-state index in [1.165, 1.54) is 12.1 Å². The lowest BCUT2D eigenvalue weighted by Crippen LogP contribution is -2.23. The quantitative estimate of drug-likeness (QED) is 0.707. The van der Waals surface area contributed by atoms with Gasteiger partial charge in [0.05, 0.1) is 6.61 Å². The van der Waals surface area contributed by atoms with Gasteiger partial charge in [-0.05, 0) is 24.6 Å². The van der Waals surface area contributed by atoms with Gasteiger partial charge in [-0.3, -0.25) is 0 Å². The summed E-state index contributed by atoms with van der Waals surface area (Å²) in [5, 5.41) is 9.14. The molecule has 0 aliphatic heterocycles. The maximum absolute atomic E-state index is 12.9. The molecule has 1 aromatic rings. The second-order valence-corrected chi connectivity index (χ2v) is 3.29. The molecule has 0 radical (unpaired) electrons. The summed E-state index contributed by atoms with van der Waals surface area (Å²) in [7, 11) is 0. The van der Waals surface area contributed by atoms with E-state index < -0.39 is 5.41 Å². The van der Waals surface area contributed by atoms with Gasteiger partial charge in [0.25, 0.3) is 0 Å². The van der Waals surface area contributed by atoms with Crippen LogP contribution < -0.4 is 0 Å². The maximum atomic E-state index is 12.9. The van der Waals surface area contributed by atoms with Crippen molar-refractivity contribution in [3.8, 4) is 0 Å². The summed E-state index contributed by atoms with van der Waals surface area (Å²) < 4.78 is 12.9. The number of hydrogen-bond acceptors (Lipinski definition) is 1. The van der Waals surface area contributed by atoms with Gasteiger partial charge in [0.2, 0.25) is 0 Å². The molecule has 1 atom stereocenters. The highest BCUT2D eigenvalue weighted by atomic mass is 19.1. The summed E-state index contributed by atoms with van der Waals surface area (Å²) in [6, 6.07) is 6.20. The van der Waals surface area contributed by atoms with E-state index in [-0.39, 0.29) is 12.4 Å². The summed E-state index contributed by atoms with van der Waals surface area (Å²) in [5.41, 5.74) is 0.187. The van der Waals surface area contributed by atoms with E-state index in [2.05, 4.69) is 6.58 Å². The molecular weight excluding hydrogens is 167 g/mol. The Morgan fingerprint density at radius 1 is 1.62 bits per heavy atom. The van der Waals surface area contributed by atoms with Crippen LogP contribution in [0.5, 0.6) is 0 Å². The fourth-order valence-corrected chi connectivity index (χ4v) is 1.12. The molecule has 0 spiro atoms. The van der Waals surface area contributed by atoms with Crippen molar-refractivity contribution in [2.75, 3.05) is 6.61 Å². The molecule has 0 saturated carbocycles. The normalized spacial score (nSPS) is 15.0. The van der Waals surface area contributed by atoms with E-state index in [1.807, 2.05) is 6.92 Å². The Morgan fingerprint density at radius 2 is 2.31 bits per heavy atom. The summed E-state index contributed by atoms with van der Waals surface area (Å²) in [5.74, 6) is -0.293. The Morgan fingerprint density at radius 3 is 2.77 bits per heavy atom. The van der Waals surface area contributed by atoms with E-state index in [9.17, 15) is 4.39 Å². The summed E-state index contributed by atoms with van der Waals surface area (Å²) >= 11 is 0. The van der Waals surface area contributed by atoms with Gasteiger partial charge in [-0.25, -0.2) is 4.39 Å². The molecule has 1 nitrogen and oxygen atoms in total. The molecule has 0 amide bonds. The van der Waals surface area contributed by atoms with Crippen LogP contribution in [0.2, 0.25) is 0 Å². The topological polar surface area (TPSA) is 20.2 Å². The minimum atomic E-state index is -0.553. The van der Waals surface area contributed by atoms with Gasteiger partial charge in [0.1, 0.15) is 5.82 Å². The number of rotatable bonds is 3. The van der Waals surface area contributed by atoms with Crippen molar-refractivity contribution < 1.29 is 9.50 Å². The SMILES string of the molecule is C=CC(C)(CO)c1cccc(F)c1. The predicted octanol–water partition coefficient (Wildman–Crippen LogP) is 2.26. The number of benzene rings is 1. The van der Waals surface area contributed by atoms with Gasteiger partial charge in [0.15, 0.2) is 0 Å². The van der Waals surface area contributed by atoms with Gasteiger partial charge >= 0.3 is 0 Å². The Kier molecular flexibility index (Phi) is 2.83. The molecule has 0 heterocycles. The molecule has 0 saturated heterocycles. The smallest absolute Gasteiger partial charge is 0.123 e. The second kappa shape index (κ2) is 3.71. The maximum Gasteiger partial charge on any atom is 0.123 e. The van der Waals surface area contributed by atoms with E-state index in [1.54, 1.807) is 18.2 Å². The van der Waals surface area contributed by atoms with Crippen LogP contribution >= 0.6 is 0 Å². The van der Waals surface area contributed by atoms with E-state index in [4.69, 9.17) is 5.11 Å². The van der Waals surface area contributed by atoms with Gasteiger partial charge in [-0.2, -0.15) is 0 Å². The molecule has 0 aromatic heterocycles. The Hall–Kier alpha value is -1.15. The Labute approximate surface area is 77.5 Å². The van der Waals surface area contributed by atoms with Crippen LogP contribution in [0.1, 0.15) is 12.5 Å². The molecule has 1 rings (SSSR count). The second-order valence-electron chi connectivity index (χ2n) is 3.29. The summed E-state index contributed by atoms with van der Waals surface area (Å²) in [4.78, 5) is 0. The average molecular weight is 180 g/mol. The molecule has 13 heavy (non-hydrogen) atoms. The zero-order chi connectivity index (χ0) is 9.90. The van der Waals surface area contributed by atoms with Crippen molar-refractivity contribution in [2.45, 2.75) is 12.3 Å². The van der Waals surface area contributed by atoms with E-state index in [0.717, 1.165) is 5.56 Å². The first-order chi connectivity index (χ1) is 6.12. The zero-order valence-electron chi connectivity index (χ0n) is 7.63. The molecule has 0 aliphatic rings. The molecule has 1 aromatic carbocycles. The van der Waals surface area contributed by atoms with Crippen LogP contribution in [0.15, 0.2) is 36.9 Å². The monoisotopic (exact) mass is 180 g/mol. The minimum Gasteiger partial charge on any atom is -0.395 e. The van der Waals surface area contributed by atoms with Gasteiger partial charge < -0.3 is 5.11 Å². The largest absolute Gasteiger partial charge is 0.395 e. The van der Waals surface area contributed by atoms with Crippen LogP contribution in [-0.2, 0) is 5.41 Å². The molecule has 1 unspecified atom stereocenters. The Bertz CT molecular complexity index is 309. The molecular formula is C11H13FO. The van der Waals surface area contributed by atoms with Crippen molar-refractivity contribution >= 4 is 0 Å². The predicted molar refractivity (Wildman–Crippen MR) is 51.0 cm³/mol. The third kappa shape index (κ3) is 1.95. The van der Waals surface area contributed by atoms with Crippen LogP contribution in [0.4, 0.5) is 4.39 Å². The van der Waals surface area contributed by atoms with Crippen LogP contribution in [0.25, 0.3) is 0 Å². The fourth-order valence-electron chi connectivity index (χ4n) is 1.12. The molecule has 0 aliphatic carbocycles. The molecule has 1 N–H and O–H groups in total.